The van der Waals surface area contributed by atoms with E-state index in [0.717, 1.165) is 50.8 Å². The van der Waals surface area contributed by atoms with Crippen LogP contribution in [-0.2, 0) is 10.8 Å². The zero-order valence-corrected chi connectivity index (χ0v) is 41.1. The van der Waals surface area contributed by atoms with Gasteiger partial charge in [-0.25, -0.2) is 15.0 Å². The van der Waals surface area contributed by atoms with Crippen LogP contribution in [0.15, 0.2) is 218 Å². The van der Waals surface area contributed by atoms with Gasteiger partial charge in [0.2, 0.25) is 0 Å². The zero-order chi connectivity index (χ0) is 48.4. The van der Waals surface area contributed by atoms with Crippen molar-refractivity contribution >= 4 is 57.2 Å². The number of hydrogen-bond acceptors (Lipinski definition) is 5. The van der Waals surface area contributed by atoms with Crippen molar-refractivity contribution in [3.63, 3.8) is 0 Å². The Morgan fingerprint density at radius 2 is 0.648 bits per heavy atom. The van der Waals surface area contributed by atoms with Crippen molar-refractivity contribution in [3.8, 4) is 56.4 Å². The molecule has 2 aliphatic rings. The molecule has 10 aromatic rings. The monoisotopic (exact) mass is 915 g/mol. The summed E-state index contributed by atoms with van der Waals surface area (Å²) in [6.07, 6.45) is 0. The van der Waals surface area contributed by atoms with Crippen LogP contribution < -0.4 is 26.2 Å². The molecule has 0 saturated carbocycles. The smallest absolute Gasteiger partial charge is 0.252 e. The summed E-state index contributed by atoms with van der Waals surface area (Å²) in [4.78, 5) is 20.8. The Labute approximate surface area is 418 Å². The number of nitrogens with zero attached hydrogens (tertiary/aromatic N) is 5. The highest BCUT2D eigenvalue weighted by atomic mass is 15.2. The molecule has 0 N–H and O–H groups in total. The van der Waals surface area contributed by atoms with E-state index in [1.54, 1.807) is 0 Å². The molecule has 342 valence electrons. The van der Waals surface area contributed by atoms with Crippen molar-refractivity contribution in [2.75, 3.05) is 9.80 Å². The lowest BCUT2D eigenvalue weighted by Gasteiger charge is -2.44. The van der Waals surface area contributed by atoms with E-state index in [0.29, 0.717) is 17.5 Å². The third kappa shape index (κ3) is 8.00. The Hall–Kier alpha value is -8.35. The maximum absolute atomic E-state index is 5.35. The van der Waals surface area contributed by atoms with Gasteiger partial charge in [0.1, 0.15) is 0 Å². The molecular weight excluding hydrogens is 862 g/mol. The number of fused-ring (bicyclic) bond motifs is 4. The Morgan fingerprint density at radius 1 is 0.310 bits per heavy atom. The number of hydrogen-bond donors (Lipinski definition) is 0. The summed E-state index contributed by atoms with van der Waals surface area (Å²) < 4.78 is 0. The molecule has 0 fully saturated rings. The first kappa shape index (κ1) is 43.9. The summed E-state index contributed by atoms with van der Waals surface area (Å²) >= 11 is 0. The highest BCUT2D eigenvalue weighted by Gasteiger charge is 2.44. The molecule has 0 saturated heterocycles. The van der Waals surface area contributed by atoms with Crippen molar-refractivity contribution in [1.29, 1.82) is 0 Å². The molecular formula is C65H54BN5. The van der Waals surface area contributed by atoms with Crippen molar-refractivity contribution in [3.05, 3.63) is 230 Å². The van der Waals surface area contributed by atoms with E-state index in [4.69, 9.17) is 15.0 Å². The first-order chi connectivity index (χ1) is 34.5. The molecule has 0 atom stereocenters. The van der Waals surface area contributed by atoms with Gasteiger partial charge in [0, 0.05) is 50.8 Å². The standard InChI is InChI=1S/C65H54BN5/c1-64(2,3)50-29-33-52(34-30-50)70-56-37-27-47(43-19-11-7-12-20-43)39-54(56)66-55-40-48(44-21-13-8-14-22-44)28-38-57(55)71(53-35-31-51(32-36-53)65(4,5)6)59-42-49(41-58(70)60(59)66)63-68-61(45-23-15-9-16-24-45)67-62(69-63)46-25-17-10-18-26-46/h7-42H,1-6H3. The van der Waals surface area contributed by atoms with Gasteiger partial charge in [0.25, 0.3) is 6.71 Å². The largest absolute Gasteiger partial charge is 0.311 e. The van der Waals surface area contributed by atoms with E-state index < -0.39 is 0 Å². The molecule has 5 nitrogen and oxygen atoms in total. The fourth-order valence-electron chi connectivity index (χ4n) is 10.5. The second-order valence-corrected chi connectivity index (χ2v) is 20.9. The van der Waals surface area contributed by atoms with Crippen molar-refractivity contribution in [2.45, 2.75) is 52.4 Å². The van der Waals surface area contributed by atoms with Gasteiger partial charge in [-0.15, -0.1) is 0 Å². The number of aromatic nitrogens is 3. The van der Waals surface area contributed by atoms with Crippen LogP contribution in [0, 0.1) is 0 Å². The SMILES string of the molecule is CC(C)(C)c1ccc(N2c3ccc(-c4ccccc4)cc3B3c4cc(-c5ccccc5)ccc4N(c4ccc(C(C)(C)C)cc4)c4cc(-c5nc(-c6ccccc6)nc(-c6ccccc6)n5)cc2c43)cc1. The van der Waals surface area contributed by atoms with Crippen LogP contribution in [0.3, 0.4) is 0 Å². The molecule has 71 heavy (non-hydrogen) atoms. The first-order valence-corrected chi connectivity index (χ1v) is 24.7. The fraction of sp³-hybridized carbons (Fsp3) is 0.123. The third-order valence-corrected chi connectivity index (χ3v) is 14.2. The lowest BCUT2D eigenvalue weighted by atomic mass is 9.33. The average Bonchev–Trinajstić information content (AvgIpc) is 3.41. The van der Waals surface area contributed by atoms with Gasteiger partial charge in [-0.3, -0.25) is 0 Å². The molecule has 0 aliphatic carbocycles. The molecule has 0 bridgehead atoms. The highest BCUT2D eigenvalue weighted by molar-refractivity contribution is 7.00. The van der Waals surface area contributed by atoms with E-state index in [1.165, 1.54) is 49.8 Å². The Bertz CT molecular complexity index is 3350. The summed E-state index contributed by atoms with van der Waals surface area (Å²) in [6.45, 7) is 13.5. The van der Waals surface area contributed by atoms with Gasteiger partial charge in [0.15, 0.2) is 17.5 Å². The van der Waals surface area contributed by atoms with Crippen LogP contribution in [0.5, 0.6) is 0 Å². The molecule has 0 unspecified atom stereocenters. The molecule has 3 heterocycles. The number of anilines is 6. The molecule has 6 heteroatoms. The highest BCUT2D eigenvalue weighted by Crippen LogP contribution is 2.47. The Balaban J connectivity index is 1.19. The summed E-state index contributed by atoms with van der Waals surface area (Å²) in [5.74, 6) is 1.86. The second-order valence-electron chi connectivity index (χ2n) is 20.9. The molecule has 9 aromatic carbocycles. The predicted molar refractivity (Wildman–Crippen MR) is 298 cm³/mol. The minimum Gasteiger partial charge on any atom is -0.311 e. The topological polar surface area (TPSA) is 45.2 Å². The summed E-state index contributed by atoms with van der Waals surface area (Å²) in [6, 6.07) is 79.3. The Kier molecular flexibility index (Phi) is 10.7. The average molecular weight is 916 g/mol. The van der Waals surface area contributed by atoms with Crippen LogP contribution in [0.1, 0.15) is 52.7 Å². The summed E-state index contributed by atoms with van der Waals surface area (Å²) in [5, 5.41) is 0. The summed E-state index contributed by atoms with van der Waals surface area (Å²) in [5.41, 5.74) is 20.4. The number of rotatable bonds is 7. The first-order valence-electron chi connectivity index (χ1n) is 24.7. The molecule has 0 radical (unpaired) electrons. The molecule has 0 spiro atoms. The van der Waals surface area contributed by atoms with Crippen LogP contribution in [0.2, 0.25) is 0 Å². The van der Waals surface area contributed by atoms with Gasteiger partial charge in [-0.2, -0.15) is 0 Å². The van der Waals surface area contributed by atoms with Crippen molar-refractivity contribution in [1.82, 2.24) is 15.0 Å². The lowest BCUT2D eigenvalue weighted by Crippen LogP contribution is -2.61. The molecule has 1 aromatic heterocycles. The fourth-order valence-corrected chi connectivity index (χ4v) is 10.5. The molecule has 0 amide bonds. The van der Waals surface area contributed by atoms with Gasteiger partial charge in [0.05, 0.1) is 0 Å². The van der Waals surface area contributed by atoms with E-state index in [-0.39, 0.29) is 17.5 Å². The van der Waals surface area contributed by atoms with Gasteiger partial charge in [-0.1, -0.05) is 211 Å². The van der Waals surface area contributed by atoms with E-state index in [1.807, 2.05) is 36.4 Å². The summed E-state index contributed by atoms with van der Waals surface area (Å²) in [7, 11) is 0. The van der Waals surface area contributed by atoms with Gasteiger partial charge >= 0.3 is 0 Å². The van der Waals surface area contributed by atoms with Crippen LogP contribution in [0.25, 0.3) is 56.4 Å². The van der Waals surface area contributed by atoms with Gasteiger partial charge < -0.3 is 9.80 Å². The van der Waals surface area contributed by atoms with Crippen LogP contribution >= 0.6 is 0 Å². The van der Waals surface area contributed by atoms with E-state index in [9.17, 15) is 0 Å². The number of benzene rings is 9. The normalized spacial score (nSPS) is 12.8. The predicted octanol–water partition coefficient (Wildman–Crippen LogP) is 14.9. The Morgan fingerprint density at radius 3 is 1.00 bits per heavy atom. The van der Waals surface area contributed by atoms with Crippen molar-refractivity contribution < 1.29 is 0 Å². The minimum absolute atomic E-state index is 0.0120. The quantitative estimate of drug-likeness (QED) is 0.149. The second kappa shape index (κ2) is 17.3. The lowest BCUT2D eigenvalue weighted by molar-refractivity contribution is 0.590. The minimum atomic E-state index is -0.125. The van der Waals surface area contributed by atoms with Crippen LogP contribution in [-0.4, -0.2) is 21.7 Å². The van der Waals surface area contributed by atoms with Gasteiger partial charge in [-0.05, 0) is 109 Å². The zero-order valence-electron chi connectivity index (χ0n) is 41.1. The van der Waals surface area contributed by atoms with E-state index in [2.05, 4.69) is 233 Å². The third-order valence-electron chi connectivity index (χ3n) is 14.2. The van der Waals surface area contributed by atoms with E-state index >= 15 is 0 Å². The maximum Gasteiger partial charge on any atom is 0.252 e. The van der Waals surface area contributed by atoms with Crippen LogP contribution in [0.4, 0.5) is 34.1 Å². The molecule has 12 rings (SSSR count). The maximum atomic E-state index is 5.35. The molecule has 2 aliphatic heterocycles. The van der Waals surface area contributed by atoms with Crippen molar-refractivity contribution in [2.24, 2.45) is 0 Å².